The summed E-state index contributed by atoms with van der Waals surface area (Å²) in [7, 11) is 1.57. The lowest BCUT2D eigenvalue weighted by molar-refractivity contribution is -0.384. The number of methoxy groups -OCH3 is 1. The zero-order valence-electron chi connectivity index (χ0n) is 16.6. The maximum Gasteiger partial charge on any atom is 0.305 e. The van der Waals surface area contributed by atoms with Crippen LogP contribution in [0.15, 0.2) is 36.4 Å². The fraction of sp³-hybridized carbons (Fsp3) is 0.381. The van der Waals surface area contributed by atoms with Crippen LogP contribution in [0.1, 0.15) is 35.7 Å². The van der Waals surface area contributed by atoms with Crippen molar-refractivity contribution in [3.05, 3.63) is 57.6 Å². The second kappa shape index (κ2) is 9.27. The number of anilines is 1. The van der Waals surface area contributed by atoms with Crippen molar-refractivity contribution in [1.82, 2.24) is 4.90 Å². The van der Waals surface area contributed by atoms with Crippen LogP contribution in [0.4, 0.5) is 11.4 Å². The number of carbonyl (C=O) groups excluding carboxylic acids is 1. The zero-order chi connectivity index (χ0) is 20.8. The summed E-state index contributed by atoms with van der Waals surface area (Å²) in [5.74, 6) is 0.947. The van der Waals surface area contributed by atoms with Gasteiger partial charge in [-0.05, 0) is 49.6 Å². The fourth-order valence-corrected chi connectivity index (χ4v) is 3.44. The average Bonchev–Trinajstić information content (AvgIpc) is 3.26. The summed E-state index contributed by atoms with van der Waals surface area (Å²) in [6, 6.07) is 10.3. The third-order valence-electron chi connectivity index (χ3n) is 4.85. The van der Waals surface area contributed by atoms with Crippen LogP contribution in [0.3, 0.4) is 0 Å². The van der Waals surface area contributed by atoms with Gasteiger partial charge in [0.2, 0.25) is 0 Å². The molecule has 0 spiro atoms. The van der Waals surface area contributed by atoms with E-state index >= 15 is 0 Å². The topological polar surface area (TPSA) is 93.9 Å². The molecule has 1 saturated heterocycles. The standard InChI is InChI=1S/C21H25N3O5/c1-3-29-19-13-15(9-10-18(19)28-2)14-22-17-8-6-7-16(20(17)24(26)27)21(25)23-11-4-5-12-23/h6-10,13,22H,3-5,11-12,14H2,1-2H3. The molecule has 0 unspecified atom stereocenters. The van der Waals surface area contributed by atoms with Gasteiger partial charge >= 0.3 is 5.69 Å². The number of ether oxygens (including phenoxy) is 2. The quantitative estimate of drug-likeness (QED) is 0.535. The molecule has 0 saturated carbocycles. The van der Waals surface area contributed by atoms with Crippen molar-refractivity contribution in [1.29, 1.82) is 0 Å². The number of hydrogen-bond donors (Lipinski definition) is 1. The van der Waals surface area contributed by atoms with Gasteiger partial charge in [0.05, 0.1) is 18.6 Å². The SMILES string of the molecule is CCOc1cc(CNc2cccc(C(=O)N3CCCC3)c2[N+](=O)[O-])ccc1OC. The molecule has 1 heterocycles. The first-order valence-electron chi connectivity index (χ1n) is 9.65. The van der Waals surface area contributed by atoms with E-state index in [-0.39, 0.29) is 17.2 Å². The number of nitrogens with zero attached hydrogens (tertiary/aromatic N) is 2. The van der Waals surface area contributed by atoms with Gasteiger partial charge in [-0.1, -0.05) is 12.1 Å². The van der Waals surface area contributed by atoms with Crippen molar-refractivity contribution in [2.45, 2.75) is 26.3 Å². The summed E-state index contributed by atoms with van der Waals surface area (Å²) in [5.41, 5.74) is 1.11. The second-order valence-corrected chi connectivity index (χ2v) is 6.73. The molecule has 2 aromatic carbocycles. The molecule has 154 valence electrons. The molecule has 1 aliphatic heterocycles. The normalized spacial score (nSPS) is 13.2. The molecule has 3 rings (SSSR count). The molecule has 2 aromatic rings. The number of para-hydroxylation sites is 1. The van der Waals surface area contributed by atoms with Crippen LogP contribution in [0, 0.1) is 10.1 Å². The van der Waals surface area contributed by atoms with Gasteiger partial charge in [0.25, 0.3) is 5.91 Å². The largest absolute Gasteiger partial charge is 0.493 e. The molecule has 1 N–H and O–H groups in total. The van der Waals surface area contributed by atoms with Gasteiger partial charge in [0.1, 0.15) is 11.3 Å². The van der Waals surface area contributed by atoms with Gasteiger partial charge in [-0.15, -0.1) is 0 Å². The maximum atomic E-state index is 12.7. The Bertz CT molecular complexity index is 894. The summed E-state index contributed by atoms with van der Waals surface area (Å²) >= 11 is 0. The highest BCUT2D eigenvalue weighted by Gasteiger charge is 2.29. The third-order valence-corrected chi connectivity index (χ3v) is 4.85. The summed E-state index contributed by atoms with van der Waals surface area (Å²) in [6.07, 6.45) is 1.86. The van der Waals surface area contributed by atoms with Crippen LogP contribution < -0.4 is 14.8 Å². The number of hydrogen-bond acceptors (Lipinski definition) is 6. The van der Waals surface area contributed by atoms with E-state index in [0.717, 1.165) is 18.4 Å². The number of amides is 1. The molecule has 0 atom stereocenters. The molecule has 8 heteroatoms. The van der Waals surface area contributed by atoms with Gasteiger partial charge in [-0.3, -0.25) is 14.9 Å². The lowest BCUT2D eigenvalue weighted by Crippen LogP contribution is -2.28. The molecule has 0 bridgehead atoms. The van der Waals surface area contributed by atoms with Crippen LogP contribution in [0.5, 0.6) is 11.5 Å². The van der Waals surface area contributed by atoms with E-state index in [4.69, 9.17) is 9.47 Å². The van der Waals surface area contributed by atoms with Crippen LogP contribution in [-0.4, -0.2) is 42.5 Å². The first kappa shape index (κ1) is 20.4. The van der Waals surface area contributed by atoms with Crippen LogP contribution in [-0.2, 0) is 6.54 Å². The zero-order valence-corrected chi connectivity index (χ0v) is 16.6. The Balaban J connectivity index is 1.84. The van der Waals surface area contributed by atoms with E-state index in [0.29, 0.717) is 43.4 Å². The summed E-state index contributed by atoms with van der Waals surface area (Å²) in [5, 5.41) is 14.8. The van der Waals surface area contributed by atoms with Crippen molar-refractivity contribution in [2.24, 2.45) is 0 Å². The third kappa shape index (κ3) is 4.59. The predicted molar refractivity (Wildman–Crippen MR) is 110 cm³/mol. The Morgan fingerprint density at radius 2 is 1.97 bits per heavy atom. The Labute approximate surface area is 169 Å². The second-order valence-electron chi connectivity index (χ2n) is 6.73. The molecule has 29 heavy (non-hydrogen) atoms. The lowest BCUT2D eigenvalue weighted by Gasteiger charge is -2.17. The Morgan fingerprint density at radius 3 is 2.62 bits per heavy atom. The minimum atomic E-state index is -0.495. The molecule has 1 amide bonds. The van der Waals surface area contributed by atoms with E-state index in [9.17, 15) is 14.9 Å². The van der Waals surface area contributed by atoms with Crippen molar-refractivity contribution in [2.75, 3.05) is 32.1 Å². The maximum absolute atomic E-state index is 12.7. The minimum Gasteiger partial charge on any atom is -0.493 e. The summed E-state index contributed by atoms with van der Waals surface area (Å²) in [4.78, 5) is 25.7. The van der Waals surface area contributed by atoms with E-state index < -0.39 is 4.92 Å². The monoisotopic (exact) mass is 399 g/mol. The molecular weight excluding hydrogens is 374 g/mol. The fourth-order valence-electron chi connectivity index (χ4n) is 3.44. The molecule has 0 radical (unpaired) electrons. The number of nitro benzene ring substituents is 1. The minimum absolute atomic E-state index is 0.117. The highest BCUT2D eigenvalue weighted by molar-refractivity contribution is 6.00. The average molecular weight is 399 g/mol. The number of benzene rings is 2. The highest BCUT2D eigenvalue weighted by Crippen LogP contribution is 2.32. The molecule has 0 aliphatic carbocycles. The highest BCUT2D eigenvalue weighted by atomic mass is 16.6. The van der Waals surface area contributed by atoms with E-state index in [1.165, 1.54) is 6.07 Å². The molecule has 0 aromatic heterocycles. The van der Waals surface area contributed by atoms with Crippen molar-refractivity contribution < 1.29 is 19.2 Å². The summed E-state index contributed by atoms with van der Waals surface area (Å²) in [6.45, 7) is 4.00. The van der Waals surface area contributed by atoms with Crippen molar-refractivity contribution in [3.63, 3.8) is 0 Å². The van der Waals surface area contributed by atoms with Crippen molar-refractivity contribution in [3.8, 4) is 11.5 Å². The number of nitrogens with one attached hydrogen (secondary N) is 1. The number of rotatable bonds is 8. The van der Waals surface area contributed by atoms with Gasteiger partial charge in [0, 0.05) is 19.6 Å². The molecule has 8 nitrogen and oxygen atoms in total. The molecule has 1 fully saturated rings. The first-order chi connectivity index (χ1) is 14.0. The van der Waals surface area contributed by atoms with Crippen molar-refractivity contribution >= 4 is 17.3 Å². The first-order valence-corrected chi connectivity index (χ1v) is 9.65. The van der Waals surface area contributed by atoms with E-state index in [2.05, 4.69) is 5.32 Å². The predicted octanol–water partition coefficient (Wildman–Crippen LogP) is 3.85. The van der Waals surface area contributed by atoms with Crippen LogP contribution >= 0.6 is 0 Å². The Kier molecular flexibility index (Phi) is 6.54. The number of likely N-dealkylation sites (tertiary alicyclic amines) is 1. The van der Waals surface area contributed by atoms with Gasteiger partial charge in [0.15, 0.2) is 11.5 Å². The van der Waals surface area contributed by atoms with Gasteiger partial charge in [-0.2, -0.15) is 0 Å². The Morgan fingerprint density at radius 1 is 1.21 bits per heavy atom. The van der Waals surface area contributed by atoms with Gasteiger partial charge < -0.3 is 19.7 Å². The molecule has 1 aliphatic rings. The van der Waals surface area contributed by atoms with Gasteiger partial charge in [-0.25, -0.2) is 0 Å². The van der Waals surface area contributed by atoms with Crippen LogP contribution in [0.25, 0.3) is 0 Å². The van der Waals surface area contributed by atoms with Crippen LogP contribution in [0.2, 0.25) is 0 Å². The lowest BCUT2D eigenvalue weighted by atomic mass is 10.1. The number of carbonyl (C=O) groups is 1. The van der Waals surface area contributed by atoms with E-state index in [1.807, 2.05) is 19.1 Å². The Hall–Kier alpha value is -3.29. The molecular formula is C21H25N3O5. The smallest absolute Gasteiger partial charge is 0.305 e. The summed E-state index contributed by atoms with van der Waals surface area (Å²) < 4.78 is 10.9. The van der Waals surface area contributed by atoms with E-state index in [1.54, 1.807) is 30.2 Å². The number of nitro groups is 1.